The summed E-state index contributed by atoms with van der Waals surface area (Å²) in [5.74, 6) is -2.50. The van der Waals surface area contributed by atoms with Crippen LogP contribution in [0.25, 0.3) is 22.2 Å². The minimum atomic E-state index is -1.05. The quantitative estimate of drug-likeness (QED) is 0.175. The van der Waals surface area contributed by atoms with Crippen LogP contribution in [0.2, 0.25) is 0 Å². The number of pyridine rings is 1. The van der Waals surface area contributed by atoms with Gasteiger partial charge in [0.15, 0.2) is 28.9 Å². The number of fused-ring (bicyclic) bond motifs is 1. The van der Waals surface area contributed by atoms with Crippen molar-refractivity contribution in [3.8, 4) is 22.6 Å². The summed E-state index contributed by atoms with van der Waals surface area (Å²) in [4.78, 5) is 37.7. The summed E-state index contributed by atoms with van der Waals surface area (Å²) in [5, 5.41) is 3.48. The van der Waals surface area contributed by atoms with Crippen molar-refractivity contribution >= 4 is 28.5 Å². The van der Waals surface area contributed by atoms with Gasteiger partial charge in [-0.25, -0.2) is 13.8 Å². The molecule has 0 atom stereocenters. The number of carbonyl (C=O) groups is 1. The number of aromatic nitrogens is 3. The van der Waals surface area contributed by atoms with Crippen molar-refractivity contribution in [3.63, 3.8) is 0 Å². The summed E-state index contributed by atoms with van der Waals surface area (Å²) in [6, 6.07) is 19.0. The largest absolute Gasteiger partial charge is 0.494 e. The number of likely N-dealkylation sites (N-methyl/N-ethyl adjacent to an activating group) is 1. The number of rotatable bonds is 12. The van der Waals surface area contributed by atoms with Crippen molar-refractivity contribution in [1.82, 2.24) is 19.4 Å². The fourth-order valence-electron chi connectivity index (χ4n) is 4.99. The average molecular weight is 626 g/mol. The highest BCUT2D eigenvalue weighted by molar-refractivity contribution is 5.91. The standard InChI is InChI=1S/C35H33F2N5O4/c1-41(2)15-9-14-26(43)17-22-10-8-11-23(16-22)21-42-33-24(20-38-35(40-33)39-25-12-6-5-7-13-25)18-27(34(42)44)30-31(36)28(45-3)19-29(46-4)32(30)37/h5-14,16,18-20H,15,17,21H2,1-4H3,(H,38,39,40)/b14-9+. The molecule has 0 unspecified atom stereocenters. The molecule has 1 N–H and O–H groups in total. The fourth-order valence-corrected chi connectivity index (χ4v) is 4.99. The van der Waals surface area contributed by atoms with Crippen LogP contribution in [0.5, 0.6) is 11.5 Å². The first-order valence-electron chi connectivity index (χ1n) is 14.4. The first-order valence-corrected chi connectivity index (χ1v) is 14.4. The summed E-state index contributed by atoms with van der Waals surface area (Å²) in [5.41, 5.74) is 0.863. The molecule has 0 saturated carbocycles. The van der Waals surface area contributed by atoms with E-state index in [1.807, 2.05) is 61.5 Å². The maximum atomic E-state index is 15.6. The Labute approximate surface area is 264 Å². The van der Waals surface area contributed by atoms with Crippen LogP contribution < -0.4 is 20.3 Å². The number of nitrogens with one attached hydrogen (secondary N) is 1. The van der Waals surface area contributed by atoms with Crippen molar-refractivity contribution in [2.45, 2.75) is 13.0 Å². The molecule has 0 aliphatic rings. The fraction of sp³-hybridized carbons (Fsp3) is 0.200. The van der Waals surface area contributed by atoms with Gasteiger partial charge in [-0.2, -0.15) is 4.98 Å². The second-order valence-electron chi connectivity index (χ2n) is 10.8. The van der Waals surface area contributed by atoms with Gasteiger partial charge in [0.2, 0.25) is 5.95 Å². The van der Waals surface area contributed by atoms with Gasteiger partial charge in [0.1, 0.15) is 5.65 Å². The second kappa shape index (κ2) is 14.1. The van der Waals surface area contributed by atoms with E-state index in [1.165, 1.54) is 31.0 Å². The molecule has 46 heavy (non-hydrogen) atoms. The number of para-hydroxylation sites is 1. The van der Waals surface area contributed by atoms with E-state index in [4.69, 9.17) is 9.47 Å². The SMILES string of the molecule is COc1cc(OC)c(F)c(-c2cc3cnc(Nc4ccccc4)nc3n(Cc3cccc(CC(=O)/C=C/CN(C)C)c3)c2=O)c1F. The van der Waals surface area contributed by atoms with E-state index in [0.717, 1.165) is 17.3 Å². The molecule has 0 aliphatic heterocycles. The molecule has 11 heteroatoms. The normalized spacial score (nSPS) is 11.4. The average Bonchev–Trinajstić information content (AvgIpc) is 3.04. The predicted octanol–water partition coefficient (Wildman–Crippen LogP) is 5.78. The molecule has 5 rings (SSSR count). The first-order chi connectivity index (χ1) is 22.2. The van der Waals surface area contributed by atoms with E-state index in [1.54, 1.807) is 24.3 Å². The van der Waals surface area contributed by atoms with E-state index in [2.05, 4.69) is 15.3 Å². The van der Waals surface area contributed by atoms with E-state index in [9.17, 15) is 9.59 Å². The Morgan fingerprint density at radius 1 is 0.957 bits per heavy atom. The predicted molar refractivity (Wildman–Crippen MR) is 174 cm³/mol. The number of nitrogens with zero attached hydrogens (tertiary/aromatic N) is 4. The van der Waals surface area contributed by atoms with Crippen LogP contribution in [-0.4, -0.2) is 60.1 Å². The lowest BCUT2D eigenvalue weighted by molar-refractivity contribution is -0.114. The molecule has 0 amide bonds. The van der Waals surface area contributed by atoms with E-state index >= 15 is 8.78 Å². The van der Waals surface area contributed by atoms with Crippen molar-refractivity contribution in [2.24, 2.45) is 0 Å². The summed E-state index contributed by atoms with van der Waals surface area (Å²) in [7, 11) is 6.31. The summed E-state index contributed by atoms with van der Waals surface area (Å²) >= 11 is 0. The maximum Gasteiger partial charge on any atom is 0.260 e. The molecular formula is C35H33F2N5O4. The third kappa shape index (κ3) is 7.10. The van der Waals surface area contributed by atoms with Gasteiger partial charge in [-0.05, 0) is 49.5 Å². The van der Waals surface area contributed by atoms with Gasteiger partial charge >= 0.3 is 0 Å². The van der Waals surface area contributed by atoms with Crippen LogP contribution in [0.15, 0.2) is 89.9 Å². The van der Waals surface area contributed by atoms with Gasteiger partial charge in [0.25, 0.3) is 5.56 Å². The highest BCUT2D eigenvalue weighted by Crippen LogP contribution is 2.37. The van der Waals surface area contributed by atoms with E-state index in [0.29, 0.717) is 17.5 Å². The molecule has 236 valence electrons. The van der Waals surface area contributed by atoms with Crippen molar-refractivity contribution < 1.29 is 23.0 Å². The van der Waals surface area contributed by atoms with Crippen molar-refractivity contribution in [2.75, 3.05) is 40.2 Å². The van der Waals surface area contributed by atoms with Gasteiger partial charge < -0.3 is 19.7 Å². The Bertz CT molecular complexity index is 1950. The Morgan fingerprint density at radius 3 is 2.33 bits per heavy atom. The monoisotopic (exact) mass is 625 g/mol. The third-order valence-electron chi connectivity index (χ3n) is 7.18. The Hall–Kier alpha value is -5.42. The Kier molecular flexibility index (Phi) is 9.82. The molecule has 9 nitrogen and oxygen atoms in total. The summed E-state index contributed by atoms with van der Waals surface area (Å²) in [6.07, 6.45) is 5.00. The molecule has 2 aromatic heterocycles. The summed E-state index contributed by atoms with van der Waals surface area (Å²) in [6.45, 7) is 0.634. The number of ketones is 1. The van der Waals surface area contributed by atoms with Gasteiger partial charge in [0, 0.05) is 36.3 Å². The molecule has 0 radical (unpaired) electrons. The highest BCUT2D eigenvalue weighted by Gasteiger charge is 2.25. The minimum Gasteiger partial charge on any atom is -0.494 e. The molecule has 0 spiro atoms. The number of ether oxygens (including phenoxy) is 2. The minimum absolute atomic E-state index is 0.00615. The number of hydrogen-bond donors (Lipinski definition) is 1. The molecular weight excluding hydrogens is 592 g/mol. The highest BCUT2D eigenvalue weighted by atomic mass is 19.1. The zero-order chi connectivity index (χ0) is 32.8. The van der Waals surface area contributed by atoms with Crippen LogP contribution in [0.3, 0.4) is 0 Å². The number of allylic oxidation sites excluding steroid dienone is 1. The van der Waals surface area contributed by atoms with Gasteiger partial charge in [0.05, 0.1) is 31.9 Å². The van der Waals surface area contributed by atoms with Gasteiger partial charge in [-0.15, -0.1) is 0 Å². The lowest BCUT2D eigenvalue weighted by atomic mass is 10.0. The van der Waals surface area contributed by atoms with Gasteiger partial charge in [-0.3, -0.25) is 14.2 Å². The molecule has 3 aromatic carbocycles. The van der Waals surface area contributed by atoms with E-state index in [-0.39, 0.29) is 47.4 Å². The third-order valence-corrected chi connectivity index (χ3v) is 7.18. The van der Waals surface area contributed by atoms with Crippen molar-refractivity contribution in [1.29, 1.82) is 0 Å². The number of methoxy groups -OCH3 is 2. The number of benzene rings is 3. The van der Waals surface area contributed by atoms with Crippen molar-refractivity contribution in [3.05, 3.63) is 118 Å². The number of anilines is 2. The molecule has 0 aliphatic carbocycles. The number of hydrogen-bond acceptors (Lipinski definition) is 8. The van der Waals surface area contributed by atoms with Crippen LogP contribution in [0.4, 0.5) is 20.4 Å². The Balaban J connectivity index is 1.63. The smallest absolute Gasteiger partial charge is 0.260 e. The van der Waals surface area contributed by atoms with E-state index < -0.39 is 22.8 Å². The maximum absolute atomic E-state index is 15.6. The zero-order valence-electron chi connectivity index (χ0n) is 25.9. The molecule has 2 heterocycles. The number of halogens is 2. The molecule has 0 saturated heterocycles. The summed E-state index contributed by atoms with van der Waals surface area (Å²) < 4.78 is 42.8. The first kappa shape index (κ1) is 32.0. The number of carbonyl (C=O) groups excluding carboxylic acids is 1. The zero-order valence-corrected chi connectivity index (χ0v) is 25.9. The Morgan fingerprint density at radius 2 is 1.65 bits per heavy atom. The topological polar surface area (TPSA) is 98.6 Å². The molecule has 0 fully saturated rings. The second-order valence-corrected chi connectivity index (χ2v) is 10.8. The van der Waals surface area contributed by atoms with Crippen LogP contribution in [-0.2, 0) is 17.8 Å². The van der Waals surface area contributed by atoms with Crippen LogP contribution >= 0.6 is 0 Å². The lowest BCUT2D eigenvalue weighted by Gasteiger charge is -2.16. The molecule has 0 bridgehead atoms. The lowest BCUT2D eigenvalue weighted by Crippen LogP contribution is -2.24. The molecule has 5 aromatic rings. The van der Waals surface area contributed by atoms with Crippen LogP contribution in [0.1, 0.15) is 11.1 Å². The van der Waals surface area contributed by atoms with Gasteiger partial charge in [-0.1, -0.05) is 48.5 Å². The van der Waals surface area contributed by atoms with Crippen LogP contribution in [0, 0.1) is 11.6 Å².